The molecule has 5 nitrogen and oxygen atoms in total. The van der Waals surface area contributed by atoms with E-state index in [1.54, 1.807) is 12.1 Å². The topological polar surface area (TPSA) is 49.9 Å². The van der Waals surface area contributed by atoms with Crippen LogP contribution in [0.2, 0.25) is 0 Å². The zero-order valence-corrected chi connectivity index (χ0v) is 20.0. The predicted molar refractivity (Wildman–Crippen MR) is 135 cm³/mol. The lowest BCUT2D eigenvalue weighted by Crippen LogP contribution is -2.35. The summed E-state index contributed by atoms with van der Waals surface area (Å²) in [5.41, 5.74) is 6.37. The van der Waals surface area contributed by atoms with Crippen LogP contribution < -0.4 is 14.5 Å². The highest BCUT2D eigenvalue weighted by atomic mass is 16.5. The predicted octanol–water partition coefficient (Wildman–Crippen LogP) is 5.44. The van der Waals surface area contributed by atoms with Crippen molar-refractivity contribution in [3.05, 3.63) is 94.7 Å². The SMILES string of the molecule is Cc1ccc(C2=C(N3CCc4ccccc43)C(=O)N(c3ccccc3OC(C)C)C2=O)c(C)c1. The molecule has 0 bridgehead atoms. The van der Waals surface area contributed by atoms with Gasteiger partial charge in [0, 0.05) is 12.2 Å². The molecule has 0 spiro atoms. The van der Waals surface area contributed by atoms with Crippen molar-refractivity contribution in [1.29, 1.82) is 0 Å². The van der Waals surface area contributed by atoms with Crippen LogP contribution in [-0.4, -0.2) is 24.5 Å². The quantitative estimate of drug-likeness (QED) is 0.484. The average molecular weight is 453 g/mol. The van der Waals surface area contributed by atoms with Gasteiger partial charge >= 0.3 is 0 Å². The lowest BCUT2D eigenvalue weighted by molar-refractivity contribution is -0.120. The lowest BCUT2D eigenvalue weighted by Gasteiger charge is -2.23. The van der Waals surface area contributed by atoms with Crippen LogP contribution in [-0.2, 0) is 16.0 Å². The summed E-state index contributed by atoms with van der Waals surface area (Å²) < 4.78 is 5.97. The number of benzene rings is 3. The number of carbonyl (C=O) groups excluding carboxylic acids is 2. The van der Waals surface area contributed by atoms with Crippen LogP contribution in [0, 0.1) is 13.8 Å². The summed E-state index contributed by atoms with van der Waals surface area (Å²) in [6, 6.07) is 21.3. The van der Waals surface area contributed by atoms with E-state index in [0.29, 0.717) is 29.3 Å². The third-order valence-corrected chi connectivity index (χ3v) is 6.34. The van der Waals surface area contributed by atoms with Gasteiger partial charge in [0.1, 0.15) is 11.4 Å². The maximum absolute atomic E-state index is 14.1. The molecule has 3 aromatic rings. The Hall–Kier alpha value is -3.86. The number of amides is 2. The van der Waals surface area contributed by atoms with Gasteiger partial charge in [-0.1, -0.05) is 54.1 Å². The number of imide groups is 1. The van der Waals surface area contributed by atoms with Crippen molar-refractivity contribution >= 4 is 28.8 Å². The summed E-state index contributed by atoms with van der Waals surface area (Å²) in [5, 5.41) is 0. The molecule has 5 rings (SSSR count). The standard InChI is InChI=1S/C29H28N2O3/c1-18(2)34-25-12-8-7-11-24(25)31-28(32)26(22-14-13-19(3)17-20(22)4)27(29(31)33)30-16-15-21-9-5-6-10-23(21)30/h5-14,17-18H,15-16H2,1-4H3. The second kappa shape index (κ2) is 8.49. The summed E-state index contributed by atoms with van der Waals surface area (Å²) >= 11 is 0. The summed E-state index contributed by atoms with van der Waals surface area (Å²) in [5.74, 6) is -0.130. The Morgan fingerprint density at radius 2 is 1.56 bits per heavy atom. The van der Waals surface area contributed by atoms with Gasteiger partial charge in [-0.05, 0) is 69.0 Å². The maximum Gasteiger partial charge on any atom is 0.282 e. The van der Waals surface area contributed by atoms with Crippen LogP contribution in [0.5, 0.6) is 5.75 Å². The number of para-hydroxylation sites is 3. The molecule has 0 saturated carbocycles. The third kappa shape index (κ3) is 3.58. The molecule has 3 aromatic carbocycles. The van der Waals surface area contributed by atoms with Gasteiger partial charge in [-0.3, -0.25) is 9.59 Å². The monoisotopic (exact) mass is 452 g/mol. The van der Waals surface area contributed by atoms with Crippen molar-refractivity contribution in [2.24, 2.45) is 0 Å². The Balaban J connectivity index is 1.70. The van der Waals surface area contributed by atoms with Crippen LogP contribution in [0.3, 0.4) is 0 Å². The molecular formula is C29H28N2O3. The normalized spacial score (nSPS) is 15.6. The van der Waals surface area contributed by atoms with Crippen molar-refractivity contribution in [3.63, 3.8) is 0 Å². The summed E-state index contributed by atoms with van der Waals surface area (Å²) in [7, 11) is 0. The lowest BCUT2D eigenvalue weighted by atomic mass is 9.97. The highest BCUT2D eigenvalue weighted by Crippen LogP contribution is 2.42. The van der Waals surface area contributed by atoms with Gasteiger partial charge in [-0.2, -0.15) is 0 Å². The maximum atomic E-state index is 14.1. The molecule has 172 valence electrons. The second-order valence-corrected chi connectivity index (χ2v) is 9.15. The van der Waals surface area contributed by atoms with Gasteiger partial charge in [-0.25, -0.2) is 4.90 Å². The molecule has 0 N–H and O–H groups in total. The van der Waals surface area contributed by atoms with E-state index < -0.39 is 0 Å². The summed E-state index contributed by atoms with van der Waals surface area (Å²) in [6.07, 6.45) is 0.736. The van der Waals surface area contributed by atoms with E-state index in [1.165, 1.54) is 10.5 Å². The van der Waals surface area contributed by atoms with Crippen molar-refractivity contribution in [2.45, 2.75) is 40.2 Å². The van der Waals surface area contributed by atoms with E-state index in [1.807, 2.05) is 81.1 Å². The average Bonchev–Trinajstić information content (AvgIpc) is 3.32. The first-order valence-electron chi connectivity index (χ1n) is 11.7. The van der Waals surface area contributed by atoms with Crippen molar-refractivity contribution < 1.29 is 14.3 Å². The molecule has 0 aromatic heterocycles. The van der Waals surface area contributed by atoms with E-state index in [-0.39, 0.29) is 17.9 Å². The number of ether oxygens (including phenoxy) is 1. The first-order valence-corrected chi connectivity index (χ1v) is 11.7. The van der Waals surface area contributed by atoms with E-state index in [2.05, 4.69) is 6.07 Å². The van der Waals surface area contributed by atoms with Crippen molar-refractivity contribution in [1.82, 2.24) is 0 Å². The number of rotatable bonds is 5. The van der Waals surface area contributed by atoms with Gasteiger partial charge in [0.05, 0.1) is 17.4 Å². The van der Waals surface area contributed by atoms with E-state index in [0.717, 1.165) is 28.8 Å². The molecule has 0 unspecified atom stereocenters. The fourth-order valence-electron chi connectivity index (χ4n) is 4.89. The Morgan fingerprint density at radius 3 is 2.29 bits per heavy atom. The van der Waals surface area contributed by atoms with Crippen LogP contribution >= 0.6 is 0 Å². The molecule has 2 aliphatic rings. The van der Waals surface area contributed by atoms with Crippen molar-refractivity contribution in [3.8, 4) is 5.75 Å². The number of nitrogens with zero attached hydrogens (tertiary/aromatic N) is 2. The Bertz CT molecular complexity index is 1340. The number of hydrogen-bond donors (Lipinski definition) is 0. The molecule has 0 atom stereocenters. The number of fused-ring (bicyclic) bond motifs is 1. The van der Waals surface area contributed by atoms with Gasteiger partial charge in [-0.15, -0.1) is 0 Å². The molecule has 2 aliphatic heterocycles. The fraction of sp³-hybridized carbons (Fsp3) is 0.241. The van der Waals surface area contributed by atoms with Gasteiger partial charge in [0.15, 0.2) is 0 Å². The Labute approximate surface area is 200 Å². The summed E-state index contributed by atoms with van der Waals surface area (Å²) in [6.45, 7) is 8.52. The minimum absolute atomic E-state index is 0.0920. The van der Waals surface area contributed by atoms with Crippen LogP contribution in [0.25, 0.3) is 5.57 Å². The molecular weight excluding hydrogens is 424 g/mol. The van der Waals surface area contributed by atoms with Gasteiger partial charge in [0.25, 0.3) is 11.8 Å². The first-order chi connectivity index (χ1) is 16.4. The van der Waals surface area contributed by atoms with Crippen molar-refractivity contribution in [2.75, 3.05) is 16.3 Å². The van der Waals surface area contributed by atoms with E-state index in [9.17, 15) is 9.59 Å². The molecule has 0 radical (unpaired) electrons. The largest absolute Gasteiger partial charge is 0.489 e. The third-order valence-electron chi connectivity index (χ3n) is 6.34. The number of anilines is 2. The summed E-state index contributed by atoms with van der Waals surface area (Å²) in [4.78, 5) is 31.4. The molecule has 5 heteroatoms. The number of hydrogen-bond acceptors (Lipinski definition) is 4. The minimum Gasteiger partial charge on any atom is -0.489 e. The molecule has 2 amide bonds. The van der Waals surface area contributed by atoms with Crippen LogP contribution in [0.1, 0.15) is 36.1 Å². The molecule has 0 fully saturated rings. The molecule has 0 saturated heterocycles. The highest BCUT2D eigenvalue weighted by Gasteiger charge is 2.45. The van der Waals surface area contributed by atoms with Crippen LogP contribution in [0.4, 0.5) is 11.4 Å². The Morgan fingerprint density at radius 1 is 0.853 bits per heavy atom. The number of carbonyl (C=O) groups is 2. The highest BCUT2D eigenvalue weighted by molar-refractivity contribution is 6.46. The molecule has 34 heavy (non-hydrogen) atoms. The second-order valence-electron chi connectivity index (χ2n) is 9.15. The van der Waals surface area contributed by atoms with E-state index >= 15 is 0 Å². The minimum atomic E-state index is -0.323. The fourth-order valence-corrected chi connectivity index (χ4v) is 4.89. The Kier molecular flexibility index (Phi) is 5.48. The van der Waals surface area contributed by atoms with Gasteiger partial charge in [0.2, 0.25) is 0 Å². The van der Waals surface area contributed by atoms with E-state index in [4.69, 9.17) is 4.74 Å². The van der Waals surface area contributed by atoms with Crippen LogP contribution in [0.15, 0.2) is 72.4 Å². The number of aryl methyl sites for hydroxylation is 2. The zero-order valence-electron chi connectivity index (χ0n) is 20.0. The smallest absolute Gasteiger partial charge is 0.282 e. The zero-order chi connectivity index (χ0) is 24.0. The molecule has 0 aliphatic carbocycles. The first kappa shape index (κ1) is 22.0. The molecule has 2 heterocycles. The van der Waals surface area contributed by atoms with Gasteiger partial charge < -0.3 is 9.64 Å².